The zero-order chi connectivity index (χ0) is 20.6. The average molecular weight is 396 g/mol. The quantitative estimate of drug-likeness (QED) is 0.741. The van der Waals surface area contributed by atoms with Gasteiger partial charge in [0.05, 0.1) is 0 Å². The summed E-state index contributed by atoms with van der Waals surface area (Å²) in [6, 6.07) is 9.14. The van der Waals surface area contributed by atoms with Gasteiger partial charge in [0.1, 0.15) is 5.75 Å². The predicted octanol–water partition coefficient (Wildman–Crippen LogP) is 3.62. The molecule has 1 N–H and O–H groups in total. The summed E-state index contributed by atoms with van der Waals surface area (Å²) in [4.78, 5) is 20.3. The van der Waals surface area contributed by atoms with Crippen LogP contribution in [0.2, 0.25) is 0 Å². The number of aromatic nitrogens is 1. The molecule has 0 bridgehead atoms. The van der Waals surface area contributed by atoms with Crippen molar-refractivity contribution in [2.45, 2.75) is 12.7 Å². The summed E-state index contributed by atoms with van der Waals surface area (Å²) in [7, 11) is 3.83. The van der Waals surface area contributed by atoms with Crippen LogP contribution in [0.5, 0.6) is 5.75 Å². The summed E-state index contributed by atoms with van der Waals surface area (Å²) in [6.07, 6.45) is -1.04. The van der Waals surface area contributed by atoms with Gasteiger partial charge in [0.15, 0.2) is 6.61 Å². The number of nitrogens with one attached hydrogen (secondary N) is 1. The van der Waals surface area contributed by atoms with Gasteiger partial charge >= 0.3 is 12.2 Å². The average Bonchev–Trinajstić information content (AvgIpc) is 2.64. The van der Waals surface area contributed by atoms with Crippen molar-refractivity contribution in [2.24, 2.45) is 0 Å². The van der Waals surface area contributed by atoms with Crippen molar-refractivity contribution in [1.29, 1.82) is 0 Å². The molecule has 1 heterocycles. The molecule has 1 aromatic heterocycles. The Kier molecular flexibility index (Phi) is 7.62. The number of hydrogen-bond acceptors (Lipinski definition) is 4. The van der Waals surface area contributed by atoms with E-state index in [4.69, 9.17) is 0 Å². The summed E-state index contributed by atoms with van der Waals surface area (Å²) in [5.74, 6) is 0.0788. The number of benzene rings is 1. The summed E-state index contributed by atoms with van der Waals surface area (Å²) >= 11 is 0. The van der Waals surface area contributed by atoms with Gasteiger partial charge in [-0.05, 0) is 50.0 Å². The molecule has 2 aromatic rings. The maximum absolute atomic E-state index is 12.7. The predicted molar refractivity (Wildman–Crippen MR) is 100 cm³/mol. The third-order valence-electron chi connectivity index (χ3n) is 3.71. The van der Waals surface area contributed by atoms with Gasteiger partial charge in [0.2, 0.25) is 0 Å². The first kappa shape index (κ1) is 21.5. The lowest BCUT2D eigenvalue weighted by Gasteiger charge is -2.25. The minimum Gasteiger partial charge on any atom is -0.484 e. The van der Waals surface area contributed by atoms with Crippen molar-refractivity contribution >= 4 is 11.7 Å². The number of ether oxygens (including phenoxy) is 1. The molecule has 0 saturated carbocycles. The smallest absolute Gasteiger partial charge is 0.422 e. The molecule has 1 aromatic carbocycles. The van der Waals surface area contributed by atoms with Crippen molar-refractivity contribution in [3.8, 4) is 5.75 Å². The van der Waals surface area contributed by atoms with E-state index in [0.29, 0.717) is 25.3 Å². The lowest BCUT2D eigenvalue weighted by Crippen LogP contribution is -2.39. The summed E-state index contributed by atoms with van der Waals surface area (Å²) in [6.45, 7) is 0.209. The van der Waals surface area contributed by atoms with E-state index in [0.717, 1.165) is 5.56 Å². The number of carbonyl (C=O) groups is 1. The highest BCUT2D eigenvalue weighted by molar-refractivity contribution is 5.89. The van der Waals surface area contributed by atoms with Crippen LogP contribution in [0.1, 0.15) is 5.56 Å². The second kappa shape index (κ2) is 9.93. The van der Waals surface area contributed by atoms with Gasteiger partial charge in [0.25, 0.3) is 0 Å². The molecule has 152 valence electrons. The van der Waals surface area contributed by atoms with Crippen molar-refractivity contribution in [1.82, 2.24) is 14.8 Å². The summed E-state index contributed by atoms with van der Waals surface area (Å²) in [5, 5.41) is 2.76. The number of hydrogen-bond donors (Lipinski definition) is 1. The SMILES string of the molecule is CN(C)CCN(Cc1cccnc1)C(=O)Nc1ccc(OCC(F)(F)F)cc1. The fraction of sp³-hybridized carbons (Fsp3) is 0.368. The summed E-state index contributed by atoms with van der Waals surface area (Å²) in [5.41, 5.74) is 1.36. The minimum absolute atomic E-state index is 0.0788. The number of likely N-dealkylation sites (N-methyl/N-ethyl adjacent to an activating group) is 1. The molecule has 28 heavy (non-hydrogen) atoms. The molecule has 0 aliphatic heterocycles. The number of urea groups is 1. The standard InChI is InChI=1S/C19H23F3N4O2/c1-25(2)10-11-26(13-15-4-3-9-23-12-15)18(27)24-16-5-7-17(8-6-16)28-14-19(20,21)22/h3-9,12H,10-11,13-14H2,1-2H3,(H,24,27). The van der Waals surface area contributed by atoms with Crippen molar-refractivity contribution < 1.29 is 22.7 Å². The van der Waals surface area contributed by atoms with Gasteiger partial charge < -0.3 is 19.9 Å². The Morgan fingerprint density at radius 2 is 1.86 bits per heavy atom. The number of alkyl halides is 3. The largest absolute Gasteiger partial charge is 0.484 e. The van der Waals surface area contributed by atoms with E-state index >= 15 is 0 Å². The second-order valence-electron chi connectivity index (χ2n) is 6.44. The molecule has 0 aliphatic rings. The molecule has 0 atom stereocenters. The second-order valence-corrected chi connectivity index (χ2v) is 6.44. The molecule has 2 rings (SSSR count). The molecule has 0 spiro atoms. The highest BCUT2D eigenvalue weighted by Crippen LogP contribution is 2.20. The van der Waals surface area contributed by atoms with Crippen molar-refractivity contribution in [3.63, 3.8) is 0 Å². The fourth-order valence-corrected chi connectivity index (χ4v) is 2.29. The first-order valence-corrected chi connectivity index (χ1v) is 8.62. The lowest BCUT2D eigenvalue weighted by molar-refractivity contribution is -0.153. The van der Waals surface area contributed by atoms with Crippen LogP contribution in [0.25, 0.3) is 0 Å². The Bertz CT molecular complexity index is 737. The molecular formula is C19H23F3N4O2. The van der Waals surface area contributed by atoms with E-state index in [2.05, 4.69) is 15.0 Å². The van der Waals surface area contributed by atoms with Crippen LogP contribution >= 0.6 is 0 Å². The Balaban J connectivity index is 1.99. The highest BCUT2D eigenvalue weighted by atomic mass is 19.4. The topological polar surface area (TPSA) is 57.7 Å². The van der Waals surface area contributed by atoms with Crippen LogP contribution in [0.3, 0.4) is 0 Å². The fourth-order valence-electron chi connectivity index (χ4n) is 2.29. The van der Waals surface area contributed by atoms with Gasteiger partial charge in [-0.2, -0.15) is 13.2 Å². The Morgan fingerprint density at radius 1 is 1.14 bits per heavy atom. The van der Waals surface area contributed by atoms with Crippen LogP contribution in [0.4, 0.5) is 23.7 Å². The van der Waals surface area contributed by atoms with Gasteiger partial charge in [-0.3, -0.25) is 4.98 Å². The summed E-state index contributed by atoms with van der Waals surface area (Å²) < 4.78 is 41.2. The zero-order valence-electron chi connectivity index (χ0n) is 15.7. The first-order chi connectivity index (χ1) is 13.2. The molecule has 0 saturated heterocycles. The normalized spacial score (nSPS) is 11.4. The van der Waals surface area contributed by atoms with E-state index in [9.17, 15) is 18.0 Å². The molecule has 0 radical (unpaired) electrons. The van der Waals surface area contributed by atoms with E-state index in [1.807, 2.05) is 25.1 Å². The Hall–Kier alpha value is -2.81. The number of pyridine rings is 1. The molecule has 0 aliphatic carbocycles. The lowest BCUT2D eigenvalue weighted by atomic mass is 10.2. The van der Waals surface area contributed by atoms with E-state index < -0.39 is 12.8 Å². The number of halogens is 3. The number of amides is 2. The van der Waals surface area contributed by atoms with E-state index in [1.165, 1.54) is 24.3 Å². The van der Waals surface area contributed by atoms with Crippen LogP contribution in [0.15, 0.2) is 48.8 Å². The van der Waals surface area contributed by atoms with Gasteiger partial charge in [-0.15, -0.1) is 0 Å². The van der Waals surface area contributed by atoms with E-state index in [1.54, 1.807) is 23.4 Å². The van der Waals surface area contributed by atoms with Crippen LogP contribution in [0, 0.1) is 0 Å². The molecular weight excluding hydrogens is 373 g/mol. The molecule has 0 fully saturated rings. The minimum atomic E-state index is -4.40. The first-order valence-electron chi connectivity index (χ1n) is 8.62. The molecule has 0 unspecified atom stereocenters. The third kappa shape index (κ3) is 7.83. The molecule has 9 heteroatoms. The molecule has 2 amide bonds. The highest BCUT2D eigenvalue weighted by Gasteiger charge is 2.28. The Morgan fingerprint density at radius 3 is 2.43 bits per heavy atom. The van der Waals surface area contributed by atoms with Crippen molar-refractivity contribution in [2.75, 3.05) is 39.1 Å². The number of rotatable bonds is 8. The molecule has 6 nitrogen and oxygen atoms in total. The van der Waals surface area contributed by atoms with Crippen LogP contribution in [-0.4, -0.2) is 60.8 Å². The van der Waals surface area contributed by atoms with Crippen molar-refractivity contribution in [3.05, 3.63) is 54.4 Å². The van der Waals surface area contributed by atoms with Gasteiger partial charge in [0, 0.05) is 37.7 Å². The van der Waals surface area contributed by atoms with Crippen LogP contribution < -0.4 is 10.1 Å². The van der Waals surface area contributed by atoms with Gasteiger partial charge in [-0.1, -0.05) is 6.07 Å². The van der Waals surface area contributed by atoms with Gasteiger partial charge in [-0.25, -0.2) is 4.79 Å². The monoisotopic (exact) mass is 396 g/mol. The number of carbonyl (C=O) groups excluding carboxylic acids is 1. The zero-order valence-corrected chi connectivity index (χ0v) is 15.7. The maximum atomic E-state index is 12.7. The Labute approximate surface area is 161 Å². The number of nitrogens with zero attached hydrogens (tertiary/aromatic N) is 3. The third-order valence-corrected chi connectivity index (χ3v) is 3.71. The number of anilines is 1. The van der Waals surface area contributed by atoms with E-state index in [-0.39, 0.29) is 11.8 Å². The maximum Gasteiger partial charge on any atom is 0.422 e. The van der Waals surface area contributed by atoms with Crippen LogP contribution in [-0.2, 0) is 6.54 Å².